The van der Waals surface area contributed by atoms with Crippen molar-refractivity contribution in [3.05, 3.63) is 45.3 Å². The molecule has 0 aliphatic heterocycles. The number of nitrogens with one attached hydrogen (secondary N) is 1. The van der Waals surface area contributed by atoms with Crippen LogP contribution in [0.15, 0.2) is 29.4 Å². The van der Waals surface area contributed by atoms with Gasteiger partial charge in [-0.1, -0.05) is 30.3 Å². The molecule has 2 aromatic heterocycles. The van der Waals surface area contributed by atoms with Crippen LogP contribution in [0.4, 0.5) is 5.00 Å². The van der Waals surface area contributed by atoms with E-state index in [1.165, 1.54) is 23.1 Å². The predicted octanol–water partition coefficient (Wildman–Crippen LogP) is 4.63. The van der Waals surface area contributed by atoms with Crippen LogP contribution in [-0.2, 0) is 24.2 Å². The highest BCUT2D eigenvalue weighted by molar-refractivity contribution is 7.99. The van der Waals surface area contributed by atoms with Crippen LogP contribution in [0.3, 0.4) is 0 Å². The first kappa shape index (κ1) is 22.8. The van der Waals surface area contributed by atoms with E-state index in [1.807, 2.05) is 35.8 Å². The van der Waals surface area contributed by atoms with Crippen molar-refractivity contribution < 1.29 is 9.59 Å². The fraction of sp³-hybridized carbons (Fsp3) is 0.364. The quantitative estimate of drug-likeness (QED) is 0.471. The summed E-state index contributed by atoms with van der Waals surface area (Å²) in [4.78, 5) is 25.9. The Hall–Kier alpha value is -2.36. The van der Waals surface area contributed by atoms with Crippen molar-refractivity contribution in [3.63, 3.8) is 0 Å². The fourth-order valence-electron chi connectivity index (χ4n) is 3.89. The van der Waals surface area contributed by atoms with E-state index < -0.39 is 5.91 Å². The Bertz CT molecular complexity index is 1160. The Kier molecular flexibility index (Phi) is 6.88. The summed E-state index contributed by atoms with van der Waals surface area (Å²) in [6.07, 6.45) is 2.76. The summed E-state index contributed by atoms with van der Waals surface area (Å²) in [6.45, 7) is 4.86. The molecular weight excluding hydrogens is 466 g/mol. The molecule has 0 saturated heterocycles. The largest absolute Gasteiger partial charge is 0.365 e. The predicted molar refractivity (Wildman–Crippen MR) is 130 cm³/mol. The topological polar surface area (TPSA) is 103 Å². The van der Waals surface area contributed by atoms with Crippen molar-refractivity contribution in [1.82, 2.24) is 14.8 Å². The standard InChI is InChI=1S/C22H24ClN5O2S2/c1-3-28-20(13-5-7-14(23)8-6-13)26-27-22(28)31-11-17(29)25-21-18(19(24)30)15-9-4-12(2)10-16(15)32-21/h5-8,12H,3-4,9-11H2,1-2H3,(H2,24,30)(H,25,29). The minimum atomic E-state index is -0.488. The van der Waals surface area contributed by atoms with Crippen molar-refractivity contribution in [2.45, 2.75) is 44.8 Å². The molecule has 168 valence electrons. The summed E-state index contributed by atoms with van der Waals surface area (Å²) in [7, 11) is 0. The number of amides is 2. The molecule has 0 bridgehead atoms. The first-order valence-electron chi connectivity index (χ1n) is 10.4. The first-order valence-corrected chi connectivity index (χ1v) is 12.6. The Morgan fingerprint density at radius 3 is 2.75 bits per heavy atom. The van der Waals surface area contributed by atoms with Crippen molar-refractivity contribution >= 4 is 51.5 Å². The van der Waals surface area contributed by atoms with E-state index in [2.05, 4.69) is 22.4 Å². The third-order valence-corrected chi connectivity index (χ3v) is 7.87. The number of nitrogens with zero attached hydrogens (tertiary/aromatic N) is 3. The highest BCUT2D eigenvalue weighted by Crippen LogP contribution is 2.39. The number of carbonyl (C=O) groups is 2. The van der Waals surface area contributed by atoms with Gasteiger partial charge in [-0.3, -0.25) is 9.59 Å². The second kappa shape index (κ2) is 9.64. The zero-order valence-corrected chi connectivity index (χ0v) is 20.2. The maximum Gasteiger partial charge on any atom is 0.251 e. The number of hydrogen-bond acceptors (Lipinski definition) is 6. The van der Waals surface area contributed by atoms with Crippen molar-refractivity contribution in [3.8, 4) is 11.4 Å². The lowest BCUT2D eigenvalue weighted by atomic mass is 9.88. The van der Waals surface area contributed by atoms with Crippen molar-refractivity contribution in [2.24, 2.45) is 11.7 Å². The molecule has 3 aromatic rings. The minimum Gasteiger partial charge on any atom is -0.365 e. The Balaban J connectivity index is 1.47. The maximum atomic E-state index is 12.7. The van der Waals surface area contributed by atoms with Gasteiger partial charge in [0.15, 0.2) is 11.0 Å². The molecule has 2 amide bonds. The number of nitrogens with two attached hydrogens (primary N) is 1. The van der Waals surface area contributed by atoms with Crippen LogP contribution in [0.5, 0.6) is 0 Å². The number of hydrogen-bond donors (Lipinski definition) is 2. The second-order valence-electron chi connectivity index (χ2n) is 7.81. The molecule has 0 spiro atoms. The number of benzene rings is 1. The van der Waals surface area contributed by atoms with Crippen LogP contribution in [0, 0.1) is 5.92 Å². The number of aromatic nitrogens is 3. The Morgan fingerprint density at radius 2 is 2.06 bits per heavy atom. The number of rotatable bonds is 7. The van der Waals surface area contributed by atoms with E-state index in [4.69, 9.17) is 17.3 Å². The van der Waals surface area contributed by atoms with Crippen LogP contribution in [-0.4, -0.2) is 32.3 Å². The highest BCUT2D eigenvalue weighted by Gasteiger charge is 2.27. The van der Waals surface area contributed by atoms with Gasteiger partial charge >= 0.3 is 0 Å². The molecule has 1 aliphatic rings. The van der Waals surface area contributed by atoms with Gasteiger partial charge in [0.25, 0.3) is 5.91 Å². The molecule has 3 N–H and O–H groups in total. The van der Waals surface area contributed by atoms with Gasteiger partial charge in [0.1, 0.15) is 5.00 Å². The molecule has 1 unspecified atom stereocenters. The maximum absolute atomic E-state index is 12.7. The zero-order valence-electron chi connectivity index (χ0n) is 17.9. The molecular formula is C22H24ClN5O2S2. The van der Waals surface area contributed by atoms with Crippen LogP contribution in [0.25, 0.3) is 11.4 Å². The average Bonchev–Trinajstić information content (AvgIpc) is 3.32. The second-order valence-corrected chi connectivity index (χ2v) is 10.3. The smallest absolute Gasteiger partial charge is 0.251 e. The lowest BCUT2D eigenvalue weighted by Crippen LogP contribution is -2.20. The van der Waals surface area contributed by atoms with Crippen LogP contribution >= 0.6 is 34.7 Å². The van der Waals surface area contributed by atoms with E-state index >= 15 is 0 Å². The Morgan fingerprint density at radius 1 is 1.31 bits per heavy atom. The number of halogens is 1. The third kappa shape index (κ3) is 4.69. The molecule has 2 heterocycles. The molecule has 0 radical (unpaired) electrons. The first-order chi connectivity index (χ1) is 15.4. The monoisotopic (exact) mass is 489 g/mol. The van der Waals surface area contributed by atoms with Gasteiger partial charge in [-0.05, 0) is 61.9 Å². The molecule has 1 aliphatic carbocycles. The lowest BCUT2D eigenvalue weighted by Gasteiger charge is -2.18. The molecule has 0 fully saturated rings. The fourth-order valence-corrected chi connectivity index (χ4v) is 6.25. The van der Waals surface area contributed by atoms with Crippen LogP contribution < -0.4 is 11.1 Å². The minimum absolute atomic E-state index is 0.149. The number of carbonyl (C=O) groups excluding carboxylic acids is 2. The third-order valence-electron chi connectivity index (χ3n) is 5.48. The van der Waals surface area contributed by atoms with E-state index in [1.54, 1.807) is 0 Å². The highest BCUT2D eigenvalue weighted by atomic mass is 35.5. The summed E-state index contributed by atoms with van der Waals surface area (Å²) < 4.78 is 1.96. The van der Waals surface area contributed by atoms with Gasteiger partial charge in [-0.2, -0.15) is 0 Å². The number of thiophene rings is 1. The number of anilines is 1. The van der Waals surface area contributed by atoms with E-state index in [9.17, 15) is 9.59 Å². The molecule has 1 aromatic carbocycles. The number of thioether (sulfide) groups is 1. The Labute approximate surface area is 199 Å². The average molecular weight is 490 g/mol. The van der Waals surface area contributed by atoms with Crippen molar-refractivity contribution in [1.29, 1.82) is 0 Å². The number of primary amides is 1. The SMILES string of the molecule is CCn1c(SCC(=O)Nc2sc3c(c2C(N)=O)CCC(C)C3)nnc1-c1ccc(Cl)cc1. The normalized spacial score (nSPS) is 15.4. The van der Waals surface area contributed by atoms with Crippen LogP contribution in [0.1, 0.15) is 41.1 Å². The van der Waals surface area contributed by atoms with Gasteiger partial charge in [0, 0.05) is 22.0 Å². The van der Waals surface area contributed by atoms with E-state index in [0.717, 1.165) is 41.1 Å². The molecule has 0 saturated carbocycles. The summed E-state index contributed by atoms with van der Waals surface area (Å²) >= 11 is 8.76. The van der Waals surface area contributed by atoms with Crippen LogP contribution in [0.2, 0.25) is 5.02 Å². The molecule has 7 nitrogen and oxygen atoms in total. The summed E-state index contributed by atoms with van der Waals surface area (Å²) in [6, 6.07) is 7.40. The van der Waals surface area contributed by atoms with Crippen molar-refractivity contribution in [2.75, 3.05) is 11.1 Å². The summed E-state index contributed by atoms with van der Waals surface area (Å²) in [5, 5.41) is 13.3. The van der Waals surface area contributed by atoms with E-state index in [0.29, 0.717) is 33.2 Å². The molecule has 32 heavy (non-hydrogen) atoms. The lowest BCUT2D eigenvalue weighted by molar-refractivity contribution is -0.113. The van der Waals surface area contributed by atoms with Gasteiger partial charge in [-0.15, -0.1) is 21.5 Å². The van der Waals surface area contributed by atoms with Gasteiger partial charge in [0.2, 0.25) is 5.91 Å². The zero-order chi connectivity index (χ0) is 22.8. The van der Waals surface area contributed by atoms with E-state index in [-0.39, 0.29) is 11.7 Å². The summed E-state index contributed by atoms with van der Waals surface area (Å²) in [5.41, 5.74) is 8.02. The van der Waals surface area contributed by atoms with Gasteiger partial charge in [0.05, 0.1) is 11.3 Å². The van der Waals surface area contributed by atoms with Gasteiger partial charge < -0.3 is 15.6 Å². The molecule has 10 heteroatoms. The number of fused-ring (bicyclic) bond motifs is 1. The van der Waals surface area contributed by atoms with Gasteiger partial charge in [-0.25, -0.2) is 0 Å². The molecule has 4 rings (SSSR count). The molecule has 1 atom stereocenters. The summed E-state index contributed by atoms with van der Waals surface area (Å²) in [5.74, 6) is 0.746.